The molecule has 0 aliphatic carbocycles. The second kappa shape index (κ2) is 34.1. The average molecular weight is 1240 g/mol. The zero-order valence-electron chi connectivity index (χ0n) is 44.0. The topological polar surface area (TPSA) is 397 Å². The van der Waals surface area contributed by atoms with E-state index in [1.54, 1.807) is 55.1 Å². The Morgan fingerprint density at radius 2 is 1.38 bits per heavy atom. The van der Waals surface area contributed by atoms with Crippen molar-refractivity contribution in [3.8, 4) is 5.75 Å². The van der Waals surface area contributed by atoms with E-state index < -0.39 is 114 Å². The monoisotopic (exact) mass is 1240 g/mol. The van der Waals surface area contributed by atoms with Gasteiger partial charge in [-0.1, -0.05) is 26.0 Å². The van der Waals surface area contributed by atoms with Crippen molar-refractivity contribution in [3.63, 3.8) is 0 Å². The second-order valence-electron chi connectivity index (χ2n) is 19.1. The van der Waals surface area contributed by atoms with E-state index in [0.29, 0.717) is 36.1 Å². The van der Waals surface area contributed by atoms with E-state index in [1.165, 1.54) is 26.8 Å². The molecule has 2 amide bonds. The molecule has 0 radical (unpaired) electrons. The first kappa shape index (κ1) is 67.2. The number of benzene rings is 2. The van der Waals surface area contributed by atoms with Gasteiger partial charge < -0.3 is 90.9 Å². The number of aliphatic carboxylic acids is 5. The second-order valence-corrected chi connectivity index (χ2v) is 21.4. The van der Waals surface area contributed by atoms with Crippen molar-refractivity contribution >= 4 is 107 Å². The number of hydrogen-bond donors (Lipinski definition) is 7. The van der Waals surface area contributed by atoms with Gasteiger partial charge in [-0.15, -0.1) is 0 Å². The summed E-state index contributed by atoms with van der Waals surface area (Å²) in [5, 5.41) is 75.9. The van der Waals surface area contributed by atoms with Crippen LogP contribution >= 0.6 is 12.2 Å². The number of aliphatic imine (C=N–C) groups is 1. The number of nitrogens with one attached hydrogen (secondary N) is 7. The number of nitrogens with zero attached hydrogens (tertiary/aromatic N) is 5. The minimum atomic E-state index is -4.32. The Labute approximate surface area is 482 Å². The van der Waals surface area contributed by atoms with Crippen molar-refractivity contribution in [2.24, 2.45) is 10.4 Å². The molecule has 1 fully saturated rings. The van der Waals surface area contributed by atoms with Crippen LogP contribution in [0.5, 0.6) is 5.75 Å². The van der Waals surface area contributed by atoms with Crippen LogP contribution in [0.4, 0.5) is 10.5 Å². The summed E-state index contributed by atoms with van der Waals surface area (Å²) in [6.07, 6.45) is 0.212. The summed E-state index contributed by atoms with van der Waals surface area (Å²) in [6, 6.07) is 10.4. The molecule has 7 N–H and O–H groups in total. The van der Waals surface area contributed by atoms with Crippen LogP contribution in [-0.2, 0) is 45.2 Å². The maximum atomic E-state index is 12.7. The predicted octanol–water partition coefficient (Wildman–Crippen LogP) is -8.74. The number of amides is 2. The van der Waals surface area contributed by atoms with Crippen molar-refractivity contribution in [3.05, 3.63) is 59.7 Å². The molecule has 432 valence electrons. The fourth-order valence-corrected chi connectivity index (χ4v) is 9.19. The zero-order chi connectivity index (χ0) is 57.3. The normalized spacial score (nSPS) is 16.6. The van der Waals surface area contributed by atoms with Crippen LogP contribution in [-0.4, -0.2) is 249 Å². The van der Waals surface area contributed by atoms with Gasteiger partial charge >= 0.3 is 31.9 Å². The number of thiocarbonyl (C=S) groups is 1. The van der Waals surface area contributed by atoms with Gasteiger partial charge in [-0.2, -0.15) is 0 Å². The van der Waals surface area contributed by atoms with Crippen molar-refractivity contribution in [1.29, 1.82) is 0 Å². The van der Waals surface area contributed by atoms with E-state index in [9.17, 15) is 67.5 Å². The fourth-order valence-electron chi connectivity index (χ4n) is 7.90. The molecule has 2 aliphatic heterocycles. The molecule has 2 aromatic rings. The summed E-state index contributed by atoms with van der Waals surface area (Å²) in [4.78, 5) is 94.3. The summed E-state index contributed by atoms with van der Waals surface area (Å²) < 4.78 is 38.4. The minimum Gasteiger partial charge on any atom is -0.549 e. The third-order valence-corrected chi connectivity index (χ3v) is 13.6. The van der Waals surface area contributed by atoms with Crippen LogP contribution in [0.3, 0.4) is 0 Å². The van der Waals surface area contributed by atoms with Gasteiger partial charge in [-0.05, 0) is 67.0 Å². The van der Waals surface area contributed by atoms with Crippen LogP contribution < -0.4 is 66.9 Å². The van der Waals surface area contributed by atoms with E-state index in [-0.39, 0.29) is 102 Å². The quantitative estimate of drug-likeness (QED) is 0.0307. The number of rotatable bonds is 28. The summed E-state index contributed by atoms with van der Waals surface area (Å²) >= 11 is 5.48. The maximum absolute atomic E-state index is 12.7. The maximum Gasteiger partial charge on any atom is 3.00 e. The molecule has 0 saturated carbocycles. The number of guanidine groups is 1. The molecule has 0 bridgehead atoms. The van der Waals surface area contributed by atoms with Gasteiger partial charge in [0.25, 0.3) is 5.91 Å². The first-order valence-corrected chi connectivity index (χ1v) is 27.0. The van der Waals surface area contributed by atoms with Gasteiger partial charge in [0, 0.05) is 127 Å². The Balaban J connectivity index is 0.0000164. The molecule has 1 unspecified atom stereocenters. The summed E-state index contributed by atoms with van der Waals surface area (Å²) in [6.45, 7) is 3.19. The molecular formula is C48H67InN12O16S2-2. The molecule has 0 spiro atoms. The van der Waals surface area contributed by atoms with Gasteiger partial charge in [0.15, 0.2) is 11.1 Å². The van der Waals surface area contributed by atoms with Gasteiger partial charge in [-0.3, -0.25) is 29.4 Å². The van der Waals surface area contributed by atoms with E-state index >= 15 is 0 Å². The fraction of sp³-hybridized carbons (Fsp3) is 0.562. The van der Waals surface area contributed by atoms with Crippen molar-refractivity contribution in [2.75, 3.05) is 136 Å². The molecule has 1 saturated heterocycles. The number of anilines is 1. The van der Waals surface area contributed by atoms with Crippen molar-refractivity contribution in [2.45, 2.75) is 38.8 Å². The Hall–Kier alpha value is -6.09. The smallest absolute Gasteiger partial charge is 0.549 e. The molecular weight excluding hydrogens is 1180 g/mol. The van der Waals surface area contributed by atoms with Crippen LogP contribution in [0.2, 0.25) is 0 Å². The molecule has 2 atom stereocenters. The molecule has 0 aromatic heterocycles. The number of sulfonamides is 1. The van der Waals surface area contributed by atoms with E-state index in [4.69, 9.17) is 21.7 Å². The molecule has 4 rings (SSSR count). The van der Waals surface area contributed by atoms with E-state index in [1.807, 2.05) is 4.72 Å². The zero-order valence-corrected chi connectivity index (χ0v) is 48.9. The van der Waals surface area contributed by atoms with E-state index in [2.05, 4.69) is 36.9 Å². The van der Waals surface area contributed by atoms with Crippen LogP contribution in [0.1, 0.15) is 36.2 Å². The number of hydrogen-bond acceptors (Lipinski definition) is 24. The van der Waals surface area contributed by atoms with Gasteiger partial charge in [0.1, 0.15) is 12.4 Å². The summed E-state index contributed by atoms with van der Waals surface area (Å²) in [5.74, 6) is -7.60. The summed E-state index contributed by atoms with van der Waals surface area (Å²) in [5.41, 5.74) is 0.705. The number of carboxylic acid groups (broad SMARTS) is 5. The third-order valence-electron chi connectivity index (χ3n) is 11.9. The minimum absolute atomic E-state index is 0. The number of carbonyl (C=O) groups excluding carboxylic acids is 7. The number of carbonyl (C=O) groups is 7. The molecule has 79 heavy (non-hydrogen) atoms. The van der Waals surface area contributed by atoms with E-state index in [0.717, 1.165) is 19.5 Å². The summed E-state index contributed by atoms with van der Waals surface area (Å²) in [7, 11) is -4.32. The first-order chi connectivity index (χ1) is 36.9. The Kier molecular flexibility index (Phi) is 29.0. The van der Waals surface area contributed by atoms with Crippen LogP contribution in [0.25, 0.3) is 0 Å². The first-order valence-electron chi connectivity index (χ1n) is 24.9. The van der Waals surface area contributed by atoms with Crippen molar-refractivity contribution < 1.29 is 77.0 Å². The Morgan fingerprint density at radius 1 is 0.785 bits per heavy atom. The van der Waals surface area contributed by atoms with Crippen molar-refractivity contribution in [1.82, 2.24) is 50.9 Å². The number of ether oxygens (including phenoxy) is 2. The Bertz CT molecular complexity index is 2500. The molecule has 2 aliphatic rings. The third kappa shape index (κ3) is 27.6. The van der Waals surface area contributed by atoms with Crippen LogP contribution in [0, 0.1) is 5.41 Å². The predicted molar refractivity (Wildman–Crippen MR) is 281 cm³/mol. The van der Waals surface area contributed by atoms with Gasteiger partial charge in [-0.25, -0.2) is 17.9 Å². The average Bonchev–Trinajstić information content (AvgIpc) is 3.37. The SMILES string of the molecule is CC(C)(CNC(=S)Nc1ccc(CC2CN(CC(=O)[O-])CCN(CC(=O)[O-])CCN(CC(=O)[O-])CCN2CC(=O)[O-])cc1)COC(=O)NCCS(=O)(=O)N[C@@H](CNC(=O)c1ccc(OCCNC2=NCCCN2)cc1)C(=O)[O-].[111In+3]. The number of alkyl carbamates (subject to hydrolysis) is 1. The molecule has 28 nitrogen and oxygen atoms in total. The standard InChI is InChI=1S/C48H72N12O16S2.In/c1-48(2,32-76-47(72)52-15-23-78(73,74)56-38(44(70)71)25-53-43(69)34-6-10-37(11-7-34)75-22-14-51-45-49-12-3-13-50-45)31-54-46(77)55-35-8-4-33(5-9-35)24-36-26-59(29-41(65)66)19-18-57(27-39(61)62)16-17-58(28-40(63)64)20-21-60(36)30-42(67)68;/h4-11,36,38,56H,3,12-32H2,1-2H3,(H,52,72)(H,53,69)(H,61,62)(H,63,64)(H,65,66)(H,67,68)(H,70,71)(H2,49,50,51)(H2,54,55,77);/q;+3/p-5/t36?,38-;/m0./s1/i;1-4. The Morgan fingerprint density at radius 3 is 1.96 bits per heavy atom. The molecule has 31 heteroatoms. The number of carboxylic acids is 5. The molecule has 2 heterocycles. The largest absolute Gasteiger partial charge is 3.00 e. The van der Waals surface area contributed by atoms with Crippen LogP contribution in [0.15, 0.2) is 53.5 Å². The van der Waals surface area contributed by atoms with Gasteiger partial charge in [0.05, 0.1) is 54.8 Å². The molecule has 2 aromatic carbocycles. The van der Waals surface area contributed by atoms with Gasteiger partial charge in [0.2, 0.25) is 10.0 Å².